The molecule has 178 valence electrons. The molecular weight excluding hydrogens is 462 g/mol. The lowest BCUT2D eigenvalue weighted by Gasteiger charge is -2.19. The van der Waals surface area contributed by atoms with Crippen molar-refractivity contribution in [3.05, 3.63) is 48.5 Å². The topological polar surface area (TPSA) is 124 Å². The number of halogens is 2. The Morgan fingerprint density at radius 2 is 2.00 bits per heavy atom. The van der Waals surface area contributed by atoms with Gasteiger partial charge in [0.1, 0.15) is 5.69 Å². The highest BCUT2D eigenvalue weighted by molar-refractivity contribution is 5.76. The first-order chi connectivity index (χ1) is 16.9. The molecule has 35 heavy (non-hydrogen) atoms. The van der Waals surface area contributed by atoms with Crippen molar-refractivity contribution in [3.63, 3.8) is 0 Å². The number of aromatic nitrogens is 6. The van der Waals surface area contributed by atoms with Gasteiger partial charge in [-0.2, -0.15) is 15.3 Å². The average molecular weight is 480 g/mol. The van der Waals surface area contributed by atoms with E-state index in [1.54, 1.807) is 12.3 Å². The van der Waals surface area contributed by atoms with Gasteiger partial charge in [0.05, 0.1) is 50.2 Å². The number of methoxy groups -OCH3 is 2. The van der Waals surface area contributed by atoms with Crippen molar-refractivity contribution in [3.8, 4) is 35.1 Å². The van der Waals surface area contributed by atoms with Gasteiger partial charge >= 0.3 is 11.9 Å². The number of alkyl halides is 2. The van der Waals surface area contributed by atoms with Crippen LogP contribution >= 0.6 is 0 Å². The predicted octanol–water partition coefficient (Wildman–Crippen LogP) is 2.37. The van der Waals surface area contributed by atoms with Gasteiger partial charge in [0, 0.05) is 30.9 Å². The minimum Gasteiger partial charge on any atom is -0.480 e. The molecule has 0 amide bonds. The second kappa shape index (κ2) is 8.64. The maximum atomic E-state index is 15.0. The molecule has 0 spiro atoms. The number of nitriles is 1. The molecule has 1 saturated heterocycles. The molecule has 1 aliphatic rings. The average Bonchev–Trinajstić information content (AvgIpc) is 3.46. The fourth-order valence-corrected chi connectivity index (χ4v) is 3.80. The van der Waals surface area contributed by atoms with E-state index in [1.165, 1.54) is 54.4 Å². The van der Waals surface area contributed by atoms with Crippen LogP contribution in [0.2, 0.25) is 0 Å². The molecular formula is C22H18F2N8O3. The monoisotopic (exact) mass is 480 g/mol. The fourth-order valence-electron chi connectivity index (χ4n) is 3.80. The summed E-state index contributed by atoms with van der Waals surface area (Å²) in [5, 5.41) is 13.6. The fraction of sp³-hybridized carbons (Fsp3) is 0.273. The Bertz CT molecular complexity index is 1440. The Balaban J connectivity index is 1.51. The summed E-state index contributed by atoms with van der Waals surface area (Å²) in [6.45, 7) is -0.758. The Labute approximate surface area is 197 Å². The van der Waals surface area contributed by atoms with Crippen molar-refractivity contribution in [1.82, 2.24) is 29.5 Å². The Hall–Kier alpha value is -4.60. The van der Waals surface area contributed by atoms with Gasteiger partial charge in [-0.05, 0) is 12.1 Å². The summed E-state index contributed by atoms with van der Waals surface area (Å²) >= 11 is 0. The van der Waals surface area contributed by atoms with E-state index in [-0.39, 0.29) is 29.9 Å². The second-order valence-corrected chi connectivity index (χ2v) is 7.63. The van der Waals surface area contributed by atoms with Crippen molar-refractivity contribution in [1.29, 1.82) is 5.26 Å². The van der Waals surface area contributed by atoms with Gasteiger partial charge in [0.15, 0.2) is 11.8 Å². The molecule has 0 bridgehead atoms. The van der Waals surface area contributed by atoms with Gasteiger partial charge in [-0.15, -0.1) is 0 Å². The van der Waals surface area contributed by atoms with E-state index in [2.05, 4.69) is 25.0 Å². The summed E-state index contributed by atoms with van der Waals surface area (Å²) in [5.41, 5.74) is 1.91. The highest BCUT2D eigenvalue weighted by atomic mass is 19.3. The smallest absolute Gasteiger partial charge is 0.319 e. The van der Waals surface area contributed by atoms with E-state index < -0.39 is 18.6 Å². The van der Waals surface area contributed by atoms with Crippen LogP contribution in [0.5, 0.6) is 17.8 Å². The predicted molar refractivity (Wildman–Crippen MR) is 118 cm³/mol. The molecule has 13 heteroatoms. The maximum Gasteiger partial charge on any atom is 0.319 e. The van der Waals surface area contributed by atoms with Crippen molar-refractivity contribution >= 4 is 11.3 Å². The number of hydrogen-bond donors (Lipinski definition) is 0. The van der Waals surface area contributed by atoms with Crippen LogP contribution in [0.25, 0.3) is 16.9 Å². The molecule has 1 fully saturated rings. The van der Waals surface area contributed by atoms with Gasteiger partial charge in [-0.1, -0.05) is 0 Å². The molecule has 4 aromatic rings. The lowest BCUT2D eigenvalue weighted by Crippen LogP contribution is -2.36. The number of pyridine rings is 1. The van der Waals surface area contributed by atoms with Crippen LogP contribution in [0.1, 0.15) is 5.56 Å². The third-order valence-corrected chi connectivity index (χ3v) is 5.45. The summed E-state index contributed by atoms with van der Waals surface area (Å²) in [5.74, 6) is -3.03. The van der Waals surface area contributed by atoms with Gasteiger partial charge in [0.2, 0.25) is 11.8 Å². The molecule has 0 unspecified atom stereocenters. The van der Waals surface area contributed by atoms with Crippen LogP contribution in [0, 0.1) is 11.3 Å². The first-order valence-electron chi connectivity index (χ1n) is 10.4. The third kappa shape index (κ3) is 4.10. The molecule has 0 radical (unpaired) electrons. The SMILES string of the molecule is COc1ncc(-c2cc(N3C[C@H](Oc4cc(C#N)ccn4)C(F)(F)C3)c3nccn3n2)c(OC)n1. The molecule has 1 aliphatic heterocycles. The molecule has 1 atom stereocenters. The minimum absolute atomic E-state index is 0.0444. The Morgan fingerprint density at radius 1 is 1.14 bits per heavy atom. The number of imidazole rings is 1. The largest absolute Gasteiger partial charge is 0.480 e. The van der Waals surface area contributed by atoms with Crippen molar-refractivity contribution in [2.24, 2.45) is 0 Å². The number of hydrogen-bond acceptors (Lipinski definition) is 10. The molecule has 0 aromatic carbocycles. The van der Waals surface area contributed by atoms with Crippen molar-refractivity contribution in [2.45, 2.75) is 12.0 Å². The number of anilines is 1. The zero-order valence-corrected chi connectivity index (χ0v) is 18.6. The van der Waals surface area contributed by atoms with Crippen molar-refractivity contribution < 1.29 is 23.0 Å². The normalized spacial score (nSPS) is 16.8. The number of nitrogens with zero attached hydrogens (tertiary/aromatic N) is 8. The van der Waals surface area contributed by atoms with Gasteiger partial charge in [-0.25, -0.2) is 28.2 Å². The zero-order chi connectivity index (χ0) is 24.6. The first-order valence-corrected chi connectivity index (χ1v) is 10.4. The molecule has 5 heterocycles. The van der Waals surface area contributed by atoms with Crippen LogP contribution < -0.4 is 19.1 Å². The van der Waals surface area contributed by atoms with Crippen LogP contribution in [-0.2, 0) is 0 Å². The first kappa shape index (κ1) is 22.2. The molecule has 0 aliphatic carbocycles. The van der Waals surface area contributed by atoms with Gasteiger partial charge in [0.25, 0.3) is 0 Å². The van der Waals surface area contributed by atoms with Crippen LogP contribution in [0.4, 0.5) is 14.5 Å². The van der Waals surface area contributed by atoms with Crippen molar-refractivity contribution in [2.75, 3.05) is 32.2 Å². The zero-order valence-electron chi connectivity index (χ0n) is 18.6. The number of fused-ring (bicyclic) bond motifs is 1. The van der Waals surface area contributed by atoms with Gasteiger partial charge < -0.3 is 19.1 Å². The van der Waals surface area contributed by atoms with E-state index >= 15 is 8.78 Å². The Morgan fingerprint density at radius 3 is 2.77 bits per heavy atom. The maximum absolute atomic E-state index is 15.0. The summed E-state index contributed by atoms with van der Waals surface area (Å²) in [7, 11) is 2.88. The highest BCUT2D eigenvalue weighted by Crippen LogP contribution is 2.37. The van der Waals surface area contributed by atoms with E-state index in [9.17, 15) is 0 Å². The summed E-state index contributed by atoms with van der Waals surface area (Å²) in [6.07, 6.45) is 4.47. The minimum atomic E-state index is -3.20. The summed E-state index contributed by atoms with van der Waals surface area (Å²) in [4.78, 5) is 18.0. The molecule has 0 saturated carbocycles. The van der Waals surface area contributed by atoms with Crippen LogP contribution in [-0.4, -0.2) is 68.9 Å². The molecule has 4 aromatic heterocycles. The third-order valence-electron chi connectivity index (χ3n) is 5.45. The second-order valence-electron chi connectivity index (χ2n) is 7.63. The van der Waals surface area contributed by atoms with E-state index in [4.69, 9.17) is 19.5 Å². The van der Waals surface area contributed by atoms with E-state index in [1.807, 2.05) is 6.07 Å². The molecule has 5 rings (SSSR count). The lowest BCUT2D eigenvalue weighted by molar-refractivity contribution is -0.0609. The van der Waals surface area contributed by atoms with E-state index in [0.29, 0.717) is 22.6 Å². The number of rotatable bonds is 6. The van der Waals surface area contributed by atoms with E-state index in [0.717, 1.165) is 0 Å². The Kier molecular flexibility index (Phi) is 5.48. The van der Waals surface area contributed by atoms with Crippen LogP contribution in [0.15, 0.2) is 43.0 Å². The molecule has 0 N–H and O–H groups in total. The lowest BCUT2D eigenvalue weighted by atomic mass is 10.2. The standard InChI is InChI=1S/C22H18F2N8O3/c1-33-20-14(10-28-21(29-20)34-2)15-8-16(19-27-5-6-32(19)30-15)31-11-17(22(23,24)12-31)35-18-7-13(9-25)3-4-26-18/h3-8,10,17H,11-12H2,1-2H3/t17-/m0/s1. The summed E-state index contributed by atoms with van der Waals surface area (Å²) in [6, 6.07) is 6.47. The quantitative estimate of drug-likeness (QED) is 0.406. The molecule has 11 nitrogen and oxygen atoms in total. The van der Waals surface area contributed by atoms with Crippen LogP contribution in [0.3, 0.4) is 0 Å². The summed E-state index contributed by atoms with van der Waals surface area (Å²) < 4.78 is 47.4. The highest BCUT2D eigenvalue weighted by Gasteiger charge is 2.51. The number of ether oxygens (including phenoxy) is 3. The van der Waals surface area contributed by atoms with Gasteiger partial charge in [-0.3, -0.25) is 0 Å².